The van der Waals surface area contributed by atoms with Crippen molar-refractivity contribution in [1.82, 2.24) is 0 Å². The zero-order valence-electron chi connectivity index (χ0n) is 11.0. The minimum absolute atomic E-state index is 0.0503. The van der Waals surface area contributed by atoms with Crippen LogP contribution in [0.25, 0.3) is 0 Å². The van der Waals surface area contributed by atoms with Crippen LogP contribution in [0.4, 0.5) is 4.39 Å². The third kappa shape index (κ3) is 2.98. The van der Waals surface area contributed by atoms with Crippen LogP contribution >= 0.6 is 0 Å². The Labute approximate surface area is 116 Å². The Kier molecular flexibility index (Phi) is 4.38. The standard InChI is InChI=1S/C15H15FN2O2/c1-2-12(18)15(14-4-3-7-19-14)20-13-6-5-10(9-17)8-11(13)16/h3-8,12,15H,2,18H2,1H3. The number of nitrogens with zero attached hydrogens (tertiary/aromatic N) is 1. The lowest BCUT2D eigenvalue weighted by Gasteiger charge is -2.22. The van der Waals surface area contributed by atoms with E-state index in [1.807, 2.05) is 13.0 Å². The maximum Gasteiger partial charge on any atom is 0.171 e. The van der Waals surface area contributed by atoms with E-state index in [-0.39, 0.29) is 17.4 Å². The van der Waals surface area contributed by atoms with E-state index in [9.17, 15) is 4.39 Å². The maximum absolute atomic E-state index is 13.9. The molecule has 5 heteroatoms. The lowest BCUT2D eigenvalue weighted by molar-refractivity contribution is 0.138. The summed E-state index contributed by atoms with van der Waals surface area (Å²) < 4.78 is 24.8. The van der Waals surface area contributed by atoms with Gasteiger partial charge in [-0.05, 0) is 36.8 Å². The van der Waals surface area contributed by atoms with Crippen LogP contribution in [0.15, 0.2) is 41.0 Å². The highest BCUT2D eigenvalue weighted by Gasteiger charge is 2.24. The second-order valence-corrected chi connectivity index (χ2v) is 4.38. The Morgan fingerprint density at radius 1 is 1.45 bits per heavy atom. The van der Waals surface area contributed by atoms with E-state index in [1.165, 1.54) is 18.4 Å². The summed E-state index contributed by atoms with van der Waals surface area (Å²) in [5, 5.41) is 8.72. The fourth-order valence-electron chi connectivity index (χ4n) is 1.83. The minimum atomic E-state index is -0.594. The summed E-state index contributed by atoms with van der Waals surface area (Å²) in [6, 6.07) is 9.06. The average molecular weight is 274 g/mol. The second-order valence-electron chi connectivity index (χ2n) is 4.38. The van der Waals surface area contributed by atoms with Crippen molar-refractivity contribution in [3.8, 4) is 11.8 Å². The summed E-state index contributed by atoms with van der Waals surface area (Å²) in [5.74, 6) is 0.00122. The number of rotatable bonds is 5. The quantitative estimate of drug-likeness (QED) is 0.909. The van der Waals surface area contributed by atoms with Gasteiger partial charge in [-0.3, -0.25) is 0 Å². The molecule has 2 aromatic rings. The van der Waals surface area contributed by atoms with Crippen molar-refractivity contribution in [1.29, 1.82) is 5.26 Å². The largest absolute Gasteiger partial charge is 0.478 e. The summed E-state index contributed by atoms with van der Waals surface area (Å²) in [6.07, 6.45) is 1.60. The third-order valence-electron chi connectivity index (χ3n) is 3.00. The molecule has 1 aromatic carbocycles. The van der Waals surface area contributed by atoms with Gasteiger partial charge in [0.05, 0.1) is 17.9 Å². The smallest absolute Gasteiger partial charge is 0.171 e. The molecule has 1 aromatic heterocycles. The molecule has 0 saturated carbocycles. The van der Waals surface area contributed by atoms with Gasteiger partial charge in [0.1, 0.15) is 5.76 Å². The lowest BCUT2D eigenvalue weighted by atomic mass is 10.1. The summed E-state index contributed by atoms with van der Waals surface area (Å²) in [5.41, 5.74) is 6.24. The van der Waals surface area contributed by atoms with Crippen LogP contribution in [0.5, 0.6) is 5.75 Å². The molecule has 0 radical (unpaired) electrons. The lowest BCUT2D eigenvalue weighted by Crippen LogP contribution is -2.31. The Morgan fingerprint density at radius 3 is 2.80 bits per heavy atom. The summed E-state index contributed by atoms with van der Waals surface area (Å²) >= 11 is 0. The SMILES string of the molecule is CCC(N)C(Oc1ccc(C#N)cc1F)c1ccco1. The van der Waals surface area contributed by atoms with E-state index in [1.54, 1.807) is 12.1 Å². The van der Waals surface area contributed by atoms with E-state index in [0.717, 1.165) is 6.07 Å². The normalized spacial score (nSPS) is 13.5. The number of nitriles is 1. The molecule has 2 atom stereocenters. The topological polar surface area (TPSA) is 72.2 Å². The van der Waals surface area contributed by atoms with Gasteiger partial charge in [-0.15, -0.1) is 0 Å². The van der Waals surface area contributed by atoms with Gasteiger partial charge >= 0.3 is 0 Å². The Bertz CT molecular complexity index is 605. The van der Waals surface area contributed by atoms with Gasteiger partial charge in [-0.1, -0.05) is 6.92 Å². The summed E-state index contributed by atoms with van der Waals surface area (Å²) in [6.45, 7) is 1.92. The monoisotopic (exact) mass is 274 g/mol. The van der Waals surface area contributed by atoms with Gasteiger partial charge < -0.3 is 14.9 Å². The first-order valence-electron chi connectivity index (χ1n) is 6.31. The zero-order valence-corrected chi connectivity index (χ0v) is 11.0. The first-order valence-corrected chi connectivity index (χ1v) is 6.31. The van der Waals surface area contributed by atoms with Gasteiger partial charge in [0, 0.05) is 6.04 Å². The molecule has 0 spiro atoms. The summed E-state index contributed by atoms with van der Waals surface area (Å²) in [7, 11) is 0. The van der Waals surface area contributed by atoms with E-state index in [2.05, 4.69) is 0 Å². The second kappa shape index (κ2) is 6.22. The van der Waals surface area contributed by atoms with Crippen LogP contribution in [0, 0.1) is 17.1 Å². The minimum Gasteiger partial charge on any atom is -0.478 e. The Balaban J connectivity index is 2.27. The molecule has 0 fully saturated rings. The highest BCUT2D eigenvalue weighted by molar-refractivity contribution is 5.36. The van der Waals surface area contributed by atoms with Crippen molar-refractivity contribution < 1.29 is 13.5 Å². The van der Waals surface area contributed by atoms with Crippen LogP contribution in [0.1, 0.15) is 30.8 Å². The molecular formula is C15H15FN2O2. The number of hydrogen-bond donors (Lipinski definition) is 1. The van der Waals surface area contributed by atoms with Crippen molar-refractivity contribution in [2.24, 2.45) is 5.73 Å². The van der Waals surface area contributed by atoms with E-state index < -0.39 is 11.9 Å². The zero-order chi connectivity index (χ0) is 14.5. The van der Waals surface area contributed by atoms with Gasteiger partial charge in [0.2, 0.25) is 0 Å². The predicted molar refractivity (Wildman–Crippen MR) is 71.5 cm³/mol. The third-order valence-corrected chi connectivity index (χ3v) is 3.00. The van der Waals surface area contributed by atoms with Crippen LogP contribution in [-0.4, -0.2) is 6.04 Å². The highest BCUT2D eigenvalue weighted by atomic mass is 19.1. The van der Waals surface area contributed by atoms with E-state index in [0.29, 0.717) is 12.2 Å². The van der Waals surface area contributed by atoms with Crippen molar-refractivity contribution in [3.63, 3.8) is 0 Å². The average Bonchev–Trinajstić information content (AvgIpc) is 2.99. The van der Waals surface area contributed by atoms with Crippen LogP contribution < -0.4 is 10.5 Å². The van der Waals surface area contributed by atoms with Crippen LogP contribution in [0.3, 0.4) is 0 Å². The van der Waals surface area contributed by atoms with Crippen molar-refractivity contribution in [2.45, 2.75) is 25.5 Å². The predicted octanol–water partition coefficient (Wildman–Crippen LogP) is 3.15. The molecule has 0 amide bonds. The maximum atomic E-state index is 13.9. The molecule has 4 nitrogen and oxygen atoms in total. The van der Waals surface area contributed by atoms with Gasteiger partial charge in [-0.25, -0.2) is 4.39 Å². The van der Waals surface area contributed by atoms with Crippen LogP contribution in [0.2, 0.25) is 0 Å². The Hall–Kier alpha value is -2.32. The number of ether oxygens (including phenoxy) is 1. The molecule has 2 rings (SSSR count). The van der Waals surface area contributed by atoms with Gasteiger partial charge in [-0.2, -0.15) is 5.26 Å². The number of halogens is 1. The fraction of sp³-hybridized carbons (Fsp3) is 0.267. The molecule has 20 heavy (non-hydrogen) atoms. The molecule has 0 bridgehead atoms. The first-order chi connectivity index (χ1) is 9.65. The van der Waals surface area contributed by atoms with Crippen molar-refractivity contribution >= 4 is 0 Å². The molecule has 2 N–H and O–H groups in total. The molecular weight excluding hydrogens is 259 g/mol. The number of benzene rings is 1. The van der Waals surface area contributed by atoms with Gasteiger partial charge in [0.15, 0.2) is 17.7 Å². The number of furan rings is 1. The fourth-order valence-corrected chi connectivity index (χ4v) is 1.83. The first kappa shape index (κ1) is 14.1. The Morgan fingerprint density at radius 2 is 2.25 bits per heavy atom. The molecule has 0 aliphatic carbocycles. The van der Waals surface area contributed by atoms with Crippen molar-refractivity contribution in [2.75, 3.05) is 0 Å². The molecule has 0 aliphatic rings. The molecule has 1 heterocycles. The molecule has 0 aliphatic heterocycles. The van der Waals surface area contributed by atoms with Crippen molar-refractivity contribution in [3.05, 3.63) is 53.7 Å². The molecule has 2 unspecified atom stereocenters. The number of nitrogens with two attached hydrogens (primary N) is 1. The highest BCUT2D eigenvalue weighted by Crippen LogP contribution is 2.28. The number of hydrogen-bond acceptors (Lipinski definition) is 4. The molecule has 104 valence electrons. The van der Waals surface area contributed by atoms with Crippen LogP contribution in [-0.2, 0) is 0 Å². The summed E-state index contributed by atoms with van der Waals surface area (Å²) in [4.78, 5) is 0. The van der Waals surface area contributed by atoms with E-state index in [4.69, 9.17) is 20.1 Å². The van der Waals surface area contributed by atoms with E-state index >= 15 is 0 Å². The van der Waals surface area contributed by atoms with Gasteiger partial charge in [0.25, 0.3) is 0 Å². The molecule has 0 saturated heterocycles.